The van der Waals surface area contributed by atoms with Crippen molar-refractivity contribution < 1.29 is 0 Å². The highest BCUT2D eigenvalue weighted by Gasteiger charge is 2.08. The van der Waals surface area contributed by atoms with Crippen LogP contribution < -0.4 is 11.1 Å². The van der Waals surface area contributed by atoms with Gasteiger partial charge < -0.3 is 11.1 Å². The van der Waals surface area contributed by atoms with Crippen LogP contribution >= 0.6 is 15.9 Å². The molecule has 0 saturated carbocycles. The minimum absolute atomic E-state index is 0.326. The third-order valence-electron chi connectivity index (χ3n) is 2.58. The minimum Gasteiger partial charge on any atom is -0.366 e. The fraction of sp³-hybridized carbons (Fsp3) is 0.583. The zero-order valence-electron chi connectivity index (χ0n) is 9.96. The van der Waals surface area contributed by atoms with E-state index in [1.807, 2.05) is 13.1 Å². The molecule has 0 aliphatic rings. The summed E-state index contributed by atoms with van der Waals surface area (Å²) in [6.07, 6.45) is 5.31. The Morgan fingerprint density at radius 2 is 2.31 bits per heavy atom. The van der Waals surface area contributed by atoms with Crippen LogP contribution in [0.5, 0.6) is 0 Å². The molecule has 90 valence electrons. The number of nitrogens with two attached hydrogens (primary N) is 1. The molecule has 4 heteroatoms. The first-order valence-electron chi connectivity index (χ1n) is 5.76. The molecular formula is C12H20BrN3. The van der Waals surface area contributed by atoms with Crippen LogP contribution in [0.2, 0.25) is 0 Å². The second-order valence-electron chi connectivity index (χ2n) is 4.04. The molecule has 1 unspecified atom stereocenters. The van der Waals surface area contributed by atoms with Crippen molar-refractivity contribution in [3.8, 4) is 0 Å². The normalized spacial score (nSPS) is 12.5. The first-order valence-corrected chi connectivity index (χ1v) is 6.55. The van der Waals surface area contributed by atoms with E-state index in [0.29, 0.717) is 12.6 Å². The Hall–Kier alpha value is -0.610. The first-order chi connectivity index (χ1) is 7.67. The number of anilines is 1. The highest BCUT2D eigenvalue weighted by atomic mass is 79.9. The van der Waals surface area contributed by atoms with Gasteiger partial charge in [0.1, 0.15) is 5.82 Å². The lowest BCUT2D eigenvalue weighted by Gasteiger charge is -2.18. The number of aryl methyl sites for hydroxylation is 1. The Labute approximate surface area is 106 Å². The van der Waals surface area contributed by atoms with E-state index >= 15 is 0 Å². The lowest BCUT2D eigenvalue weighted by atomic mass is 10.1. The molecule has 0 aromatic carbocycles. The van der Waals surface area contributed by atoms with Gasteiger partial charge in [0.05, 0.1) is 0 Å². The van der Waals surface area contributed by atoms with Gasteiger partial charge in [-0.1, -0.05) is 19.8 Å². The van der Waals surface area contributed by atoms with Gasteiger partial charge in [-0.25, -0.2) is 4.98 Å². The number of halogens is 1. The summed E-state index contributed by atoms with van der Waals surface area (Å²) >= 11 is 3.41. The van der Waals surface area contributed by atoms with E-state index in [-0.39, 0.29) is 0 Å². The predicted octanol–water partition coefficient (Wildman–Crippen LogP) is 3.08. The molecule has 0 radical (unpaired) electrons. The Morgan fingerprint density at radius 1 is 1.56 bits per heavy atom. The van der Waals surface area contributed by atoms with Gasteiger partial charge in [0.15, 0.2) is 0 Å². The molecule has 3 N–H and O–H groups in total. The minimum atomic E-state index is 0.326. The topological polar surface area (TPSA) is 50.9 Å². The molecule has 1 rings (SSSR count). The summed E-state index contributed by atoms with van der Waals surface area (Å²) in [6, 6.07) is 2.38. The number of nitrogens with one attached hydrogen (secondary N) is 1. The Morgan fingerprint density at radius 3 is 2.88 bits per heavy atom. The van der Waals surface area contributed by atoms with Gasteiger partial charge in [-0.3, -0.25) is 0 Å². The summed E-state index contributed by atoms with van der Waals surface area (Å²) in [7, 11) is 0. The fourth-order valence-electron chi connectivity index (χ4n) is 1.58. The maximum absolute atomic E-state index is 5.74. The van der Waals surface area contributed by atoms with Crippen LogP contribution in [-0.2, 0) is 0 Å². The van der Waals surface area contributed by atoms with E-state index in [0.717, 1.165) is 22.3 Å². The van der Waals surface area contributed by atoms with Crippen molar-refractivity contribution in [1.29, 1.82) is 0 Å². The van der Waals surface area contributed by atoms with Crippen molar-refractivity contribution in [2.24, 2.45) is 5.73 Å². The molecule has 0 aliphatic heterocycles. The number of rotatable bonds is 6. The SMILES string of the molecule is CCCCC(CN)Nc1ncc(Br)cc1C. The molecule has 0 spiro atoms. The molecular weight excluding hydrogens is 266 g/mol. The molecule has 3 nitrogen and oxygen atoms in total. The van der Waals surface area contributed by atoms with E-state index < -0.39 is 0 Å². The summed E-state index contributed by atoms with van der Waals surface area (Å²) in [5, 5.41) is 3.40. The average Bonchev–Trinajstić information content (AvgIpc) is 2.27. The van der Waals surface area contributed by atoms with Crippen LogP contribution in [0.1, 0.15) is 31.7 Å². The average molecular weight is 286 g/mol. The summed E-state index contributed by atoms with van der Waals surface area (Å²) in [4.78, 5) is 4.36. The van der Waals surface area contributed by atoms with E-state index in [4.69, 9.17) is 5.73 Å². The van der Waals surface area contributed by atoms with Crippen molar-refractivity contribution in [2.45, 2.75) is 39.2 Å². The second-order valence-corrected chi connectivity index (χ2v) is 4.95. The van der Waals surface area contributed by atoms with Crippen LogP contribution in [0.3, 0.4) is 0 Å². The summed E-state index contributed by atoms with van der Waals surface area (Å²) in [5.74, 6) is 0.940. The highest BCUT2D eigenvalue weighted by Crippen LogP contribution is 2.18. The molecule has 1 heterocycles. The summed E-state index contributed by atoms with van der Waals surface area (Å²) < 4.78 is 1.01. The van der Waals surface area contributed by atoms with Crippen molar-refractivity contribution >= 4 is 21.7 Å². The predicted molar refractivity (Wildman–Crippen MR) is 72.7 cm³/mol. The smallest absolute Gasteiger partial charge is 0.129 e. The molecule has 0 saturated heterocycles. The van der Waals surface area contributed by atoms with E-state index in [9.17, 15) is 0 Å². The lowest BCUT2D eigenvalue weighted by molar-refractivity contribution is 0.612. The summed E-state index contributed by atoms with van der Waals surface area (Å²) in [6.45, 7) is 4.89. The lowest BCUT2D eigenvalue weighted by Crippen LogP contribution is -2.29. The van der Waals surface area contributed by atoms with Crippen molar-refractivity contribution in [3.63, 3.8) is 0 Å². The van der Waals surface area contributed by atoms with Crippen LogP contribution in [0.15, 0.2) is 16.7 Å². The van der Waals surface area contributed by atoms with Crippen LogP contribution in [0, 0.1) is 6.92 Å². The molecule has 0 amide bonds. The largest absolute Gasteiger partial charge is 0.366 e. The number of aromatic nitrogens is 1. The van der Waals surface area contributed by atoms with Crippen LogP contribution in [0.25, 0.3) is 0 Å². The highest BCUT2D eigenvalue weighted by molar-refractivity contribution is 9.10. The maximum atomic E-state index is 5.74. The third-order valence-corrected chi connectivity index (χ3v) is 3.01. The van der Waals surface area contributed by atoms with Gasteiger partial charge in [0, 0.05) is 23.3 Å². The van der Waals surface area contributed by atoms with Gasteiger partial charge in [0.25, 0.3) is 0 Å². The Bertz CT molecular complexity index is 328. The standard InChI is InChI=1S/C12H20BrN3/c1-3-4-5-11(7-14)16-12-9(2)6-10(13)8-15-12/h6,8,11H,3-5,7,14H2,1-2H3,(H,15,16). The van der Waals surface area contributed by atoms with Gasteiger partial charge in [-0.15, -0.1) is 0 Å². The first kappa shape index (κ1) is 13.5. The molecule has 0 bridgehead atoms. The Kier molecular flexibility index (Phi) is 5.77. The van der Waals surface area contributed by atoms with E-state index in [1.165, 1.54) is 12.8 Å². The third kappa shape index (κ3) is 4.10. The van der Waals surface area contributed by atoms with Crippen molar-refractivity contribution in [2.75, 3.05) is 11.9 Å². The monoisotopic (exact) mass is 285 g/mol. The number of hydrogen-bond donors (Lipinski definition) is 2. The number of nitrogens with zero attached hydrogens (tertiary/aromatic N) is 1. The molecule has 16 heavy (non-hydrogen) atoms. The number of hydrogen-bond acceptors (Lipinski definition) is 3. The maximum Gasteiger partial charge on any atom is 0.129 e. The number of unbranched alkanes of at least 4 members (excludes halogenated alkanes) is 1. The van der Waals surface area contributed by atoms with Gasteiger partial charge >= 0.3 is 0 Å². The van der Waals surface area contributed by atoms with Crippen LogP contribution in [0.4, 0.5) is 5.82 Å². The molecule has 1 aromatic rings. The van der Waals surface area contributed by atoms with Gasteiger partial charge in [0.2, 0.25) is 0 Å². The summed E-state index contributed by atoms with van der Waals surface area (Å²) in [5.41, 5.74) is 6.88. The van der Waals surface area contributed by atoms with E-state index in [2.05, 4.69) is 39.2 Å². The van der Waals surface area contributed by atoms with Crippen LogP contribution in [-0.4, -0.2) is 17.6 Å². The van der Waals surface area contributed by atoms with Gasteiger partial charge in [-0.05, 0) is 40.9 Å². The molecule has 0 fully saturated rings. The van der Waals surface area contributed by atoms with E-state index in [1.54, 1.807) is 0 Å². The second kappa shape index (κ2) is 6.86. The zero-order valence-corrected chi connectivity index (χ0v) is 11.5. The molecule has 1 atom stereocenters. The zero-order chi connectivity index (χ0) is 12.0. The Balaban J connectivity index is 2.62. The molecule has 1 aromatic heterocycles. The van der Waals surface area contributed by atoms with Gasteiger partial charge in [-0.2, -0.15) is 0 Å². The van der Waals surface area contributed by atoms with Crippen molar-refractivity contribution in [3.05, 3.63) is 22.3 Å². The number of pyridine rings is 1. The van der Waals surface area contributed by atoms with Crippen molar-refractivity contribution in [1.82, 2.24) is 4.98 Å². The molecule has 0 aliphatic carbocycles. The fourth-order valence-corrected chi connectivity index (χ4v) is 2.03. The quantitative estimate of drug-likeness (QED) is 0.845.